The third kappa shape index (κ3) is 3.56. The van der Waals surface area contributed by atoms with Crippen molar-refractivity contribution in [3.05, 3.63) is 35.5 Å². The van der Waals surface area contributed by atoms with Gasteiger partial charge in [-0.25, -0.2) is 0 Å². The van der Waals surface area contributed by atoms with Crippen molar-refractivity contribution in [2.24, 2.45) is 17.3 Å². The summed E-state index contributed by atoms with van der Waals surface area (Å²) in [6.45, 7) is 4.28. The normalized spacial score (nSPS) is 22.7. The van der Waals surface area contributed by atoms with Crippen molar-refractivity contribution < 1.29 is 14.1 Å². The van der Waals surface area contributed by atoms with Gasteiger partial charge in [-0.15, -0.1) is 0 Å². The number of amides is 2. The summed E-state index contributed by atoms with van der Waals surface area (Å²) >= 11 is 0. The van der Waals surface area contributed by atoms with Crippen LogP contribution in [0.4, 0.5) is 0 Å². The summed E-state index contributed by atoms with van der Waals surface area (Å²) in [4.78, 5) is 27.6. The number of aromatic nitrogens is 3. The van der Waals surface area contributed by atoms with E-state index in [1.807, 2.05) is 13.1 Å². The predicted octanol–water partition coefficient (Wildman–Crippen LogP) is 2.00. The van der Waals surface area contributed by atoms with Crippen LogP contribution in [0.2, 0.25) is 0 Å². The fourth-order valence-corrected chi connectivity index (χ4v) is 4.68. The zero-order valence-corrected chi connectivity index (χ0v) is 16.8. The van der Waals surface area contributed by atoms with Crippen molar-refractivity contribution >= 4 is 11.8 Å². The van der Waals surface area contributed by atoms with Gasteiger partial charge in [0.15, 0.2) is 11.5 Å². The molecule has 1 aliphatic heterocycles. The highest BCUT2D eigenvalue weighted by atomic mass is 16.5. The van der Waals surface area contributed by atoms with E-state index < -0.39 is 0 Å². The van der Waals surface area contributed by atoms with Crippen LogP contribution in [0, 0.1) is 24.2 Å². The molecule has 1 atom stereocenters. The van der Waals surface area contributed by atoms with Crippen molar-refractivity contribution in [1.29, 1.82) is 0 Å². The molecule has 1 spiro atoms. The average Bonchev–Trinajstić information content (AvgIpc) is 3.06. The fourth-order valence-electron chi connectivity index (χ4n) is 4.68. The lowest BCUT2D eigenvalue weighted by atomic mass is 9.62. The number of nitrogens with zero attached hydrogens (tertiary/aromatic N) is 4. The molecule has 2 saturated carbocycles. The van der Waals surface area contributed by atoms with Gasteiger partial charge in [-0.2, -0.15) is 5.10 Å². The van der Waals surface area contributed by atoms with Crippen LogP contribution < -0.4 is 5.32 Å². The van der Waals surface area contributed by atoms with E-state index in [0.717, 1.165) is 31.4 Å². The number of nitrogens with one attached hydrogen (secondary N) is 1. The lowest BCUT2D eigenvalue weighted by molar-refractivity contribution is -0.129. The molecule has 3 fully saturated rings. The summed E-state index contributed by atoms with van der Waals surface area (Å²) in [6.07, 6.45) is 9.28. The van der Waals surface area contributed by atoms with E-state index >= 15 is 0 Å². The van der Waals surface area contributed by atoms with Gasteiger partial charge < -0.3 is 14.7 Å². The van der Waals surface area contributed by atoms with Crippen molar-refractivity contribution in [2.75, 3.05) is 19.6 Å². The largest absolute Gasteiger partial charge is 0.359 e. The lowest BCUT2D eigenvalue weighted by Crippen LogP contribution is -2.45. The van der Waals surface area contributed by atoms with Gasteiger partial charge in [-0.1, -0.05) is 11.6 Å². The molecule has 5 rings (SSSR count). The van der Waals surface area contributed by atoms with Crippen LogP contribution in [0.15, 0.2) is 23.0 Å². The first kappa shape index (κ1) is 18.4. The molecule has 2 aromatic heterocycles. The van der Waals surface area contributed by atoms with Crippen LogP contribution in [0.1, 0.15) is 53.9 Å². The van der Waals surface area contributed by atoms with Gasteiger partial charge in [0.05, 0.1) is 12.1 Å². The smallest absolute Gasteiger partial charge is 0.276 e. The molecule has 154 valence electrons. The third-order valence-corrected chi connectivity index (χ3v) is 6.72. The minimum atomic E-state index is -0.152. The molecule has 2 aliphatic carbocycles. The molecule has 3 aliphatic rings. The summed E-state index contributed by atoms with van der Waals surface area (Å²) in [7, 11) is 0. The first-order valence-electron chi connectivity index (χ1n) is 10.5. The van der Waals surface area contributed by atoms with Gasteiger partial charge in [0.25, 0.3) is 5.91 Å². The second kappa shape index (κ2) is 7.00. The van der Waals surface area contributed by atoms with Crippen molar-refractivity contribution in [3.63, 3.8) is 0 Å². The van der Waals surface area contributed by atoms with Crippen molar-refractivity contribution in [2.45, 2.75) is 45.6 Å². The SMILES string of the molecule is Cc1cnn(Cc2cc(C(=O)N3CC(C(=O)NCC4CC4)C4(CCC4)C3)no2)c1. The Balaban J connectivity index is 1.25. The number of hydrogen-bond acceptors (Lipinski definition) is 5. The summed E-state index contributed by atoms with van der Waals surface area (Å²) in [5.74, 6) is 1.09. The highest BCUT2D eigenvalue weighted by Gasteiger charge is 2.54. The molecule has 0 aromatic carbocycles. The van der Waals surface area contributed by atoms with Crippen LogP contribution in [0.25, 0.3) is 0 Å². The number of hydrogen-bond donors (Lipinski definition) is 1. The molecule has 3 heterocycles. The van der Waals surface area contributed by atoms with E-state index in [1.165, 1.54) is 12.8 Å². The lowest BCUT2D eigenvalue weighted by Gasteiger charge is -2.41. The van der Waals surface area contributed by atoms with Crippen LogP contribution >= 0.6 is 0 Å². The maximum Gasteiger partial charge on any atom is 0.276 e. The Labute approximate surface area is 169 Å². The monoisotopic (exact) mass is 397 g/mol. The van der Waals surface area contributed by atoms with Gasteiger partial charge >= 0.3 is 0 Å². The Kier molecular flexibility index (Phi) is 4.44. The number of carbonyl (C=O) groups is 2. The summed E-state index contributed by atoms with van der Waals surface area (Å²) in [6, 6.07) is 1.69. The van der Waals surface area contributed by atoms with Gasteiger partial charge in [0.1, 0.15) is 6.54 Å². The van der Waals surface area contributed by atoms with Crippen LogP contribution in [-0.2, 0) is 11.3 Å². The zero-order valence-electron chi connectivity index (χ0n) is 16.8. The molecule has 0 radical (unpaired) electrons. The summed E-state index contributed by atoms with van der Waals surface area (Å²) in [5.41, 5.74) is 1.31. The van der Waals surface area contributed by atoms with Gasteiger partial charge in [0.2, 0.25) is 5.91 Å². The van der Waals surface area contributed by atoms with E-state index in [-0.39, 0.29) is 23.1 Å². The zero-order chi connectivity index (χ0) is 20.0. The maximum absolute atomic E-state index is 13.0. The number of carbonyl (C=O) groups excluding carboxylic acids is 2. The molecule has 2 aromatic rings. The Morgan fingerprint density at radius 2 is 2.17 bits per heavy atom. The minimum Gasteiger partial charge on any atom is -0.359 e. The Bertz CT molecular complexity index is 924. The summed E-state index contributed by atoms with van der Waals surface area (Å²) < 4.78 is 7.11. The predicted molar refractivity (Wildman–Crippen MR) is 104 cm³/mol. The van der Waals surface area contributed by atoms with Crippen molar-refractivity contribution in [1.82, 2.24) is 25.2 Å². The minimum absolute atomic E-state index is 0.0531. The molecule has 8 nitrogen and oxygen atoms in total. The van der Waals surface area contributed by atoms with Gasteiger partial charge in [-0.05, 0) is 44.1 Å². The second-order valence-electron chi connectivity index (χ2n) is 9.04. The molecule has 1 N–H and O–H groups in total. The number of likely N-dealkylation sites (tertiary alicyclic amines) is 1. The van der Waals surface area contributed by atoms with Crippen LogP contribution in [0.3, 0.4) is 0 Å². The topological polar surface area (TPSA) is 93.3 Å². The fraction of sp³-hybridized carbons (Fsp3) is 0.619. The third-order valence-electron chi connectivity index (χ3n) is 6.72. The molecule has 2 amide bonds. The standard InChI is InChI=1S/C21H27N5O3/c1-14-8-23-26(10-14)11-16-7-18(24-29-16)20(28)25-12-17(21(13-25)5-2-6-21)19(27)22-9-15-3-4-15/h7-8,10,15,17H,2-6,9,11-13H2,1H3,(H,22,27). The van der Waals surface area contributed by atoms with Crippen LogP contribution in [0.5, 0.6) is 0 Å². The first-order chi connectivity index (χ1) is 14.0. The van der Waals surface area contributed by atoms with Crippen molar-refractivity contribution in [3.8, 4) is 0 Å². The van der Waals surface area contributed by atoms with Gasteiger partial charge in [-0.3, -0.25) is 14.3 Å². The highest BCUT2D eigenvalue weighted by Crippen LogP contribution is 2.52. The van der Waals surface area contributed by atoms with Gasteiger partial charge in [0, 0.05) is 37.3 Å². The maximum atomic E-state index is 13.0. The molecule has 0 bridgehead atoms. The Morgan fingerprint density at radius 3 is 2.83 bits per heavy atom. The van der Waals surface area contributed by atoms with E-state index in [2.05, 4.69) is 15.6 Å². The van der Waals surface area contributed by atoms with E-state index in [1.54, 1.807) is 21.8 Å². The molecule has 1 saturated heterocycles. The van der Waals surface area contributed by atoms with E-state index in [0.29, 0.717) is 37.0 Å². The average molecular weight is 397 g/mol. The van der Waals surface area contributed by atoms with E-state index in [9.17, 15) is 9.59 Å². The second-order valence-corrected chi connectivity index (χ2v) is 9.04. The molecular weight excluding hydrogens is 370 g/mol. The quantitative estimate of drug-likeness (QED) is 0.805. The number of rotatable bonds is 6. The highest BCUT2D eigenvalue weighted by molar-refractivity contribution is 5.93. The summed E-state index contributed by atoms with van der Waals surface area (Å²) in [5, 5.41) is 11.3. The molecule has 1 unspecified atom stereocenters. The molecular formula is C21H27N5O3. The first-order valence-corrected chi connectivity index (χ1v) is 10.5. The Hall–Kier alpha value is -2.64. The van der Waals surface area contributed by atoms with Crippen LogP contribution in [-0.4, -0.2) is 51.3 Å². The molecule has 29 heavy (non-hydrogen) atoms. The Morgan fingerprint density at radius 1 is 1.34 bits per heavy atom. The molecule has 8 heteroatoms. The number of aryl methyl sites for hydroxylation is 1. The van der Waals surface area contributed by atoms with E-state index in [4.69, 9.17) is 4.52 Å².